The summed E-state index contributed by atoms with van der Waals surface area (Å²) in [5.41, 5.74) is 0.959. The van der Waals surface area contributed by atoms with Crippen LogP contribution >= 0.6 is 11.6 Å². The Morgan fingerprint density at radius 2 is 1.44 bits per heavy atom. The van der Waals surface area contributed by atoms with Gasteiger partial charge in [-0.25, -0.2) is 4.79 Å². The van der Waals surface area contributed by atoms with Crippen LogP contribution in [0.4, 0.5) is 0 Å². The molecule has 0 radical (unpaired) electrons. The number of ketones is 1. The average Bonchev–Trinajstić information content (AvgIpc) is 2.38. The van der Waals surface area contributed by atoms with Gasteiger partial charge in [0.2, 0.25) is 0 Å². The molecular formula is C14H9ClO3. The Hall–Kier alpha value is -2.13. The fraction of sp³-hybridized carbons (Fsp3) is 0. The van der Waals surface area contributed by atoms with Crippen LogP contribution in [0.3, 0.4) is 0 Å². The minimum absolute atomic E-state index is 0.144. The van der Waals surface area contributed by atoms with Crippen LogP contribution in [0.25, 0.3) is 0 Å². The molecule has 0 saturated heterocycles. The lowest BCUT2D eigenvalue weighted by Crippen LogP contribution is -2.03. The molecule has 0 fully saturated rings. The number of aromatic carboxylic acids is 1. The van der Waals surface area contributed by atoms with Crippen molar-refractivity contribution >= 4 is 23.4 Å². The summed E-state index contributed by atoms with van der Waals surface area (Å²) in [4.78, 5) is 22.8. The molecule has 2 aromatic rings. The van der Waals surface area contributed by atoms with Gasteiger partial charge >= 0.3 is 5.97 Å². The van der Waals surface area contributed by atoms with Gasteiger partial charge in [0, 0.05) is 11.1 Å². The number of carbonyl (C=O) groups is 2. The number of halogens is 1. The molecule has 0 bridgehead atoms. The standard InChI is InChI=1S/C14H9ClO3/c15-12-4-2-1-3-11(12)13(16)9-5-7-10(8-6-9)14(17)18/h1-8H,(H,17,18). The van der Waals surface area contributed by atoms with Crippen LogP contribution in [0, 0.1) is 0 Å². The molecule has 3 nitrogen and oxygen atoms in total. The first kappa shape index (κ1) is 12.3. The fourth-order valence-electron chi connectivity index (χ4n) is 1.57. The normalized spacial score (nSPS) is 10.1. The Bertz CT molecular complexity index is 603. The van der Waals surface area contributed by atoms with Crippen molar-refractivity contribution in [2.45, 2.75) is 0 Å². The first-order valence-electron chi connectivity index (χ1n) is 5.22. The molecule has 0 spiro atoms. The lowest BCUT2D eigenvalue weighted by Gasteiger charge is -2.03. The van der Waals surface area contributed by atoms with Crippen molar-refractivity contribution < 1.29 is 14.7 Å². The zero-order valence-electron chi connectivity index (χ0n) is 9.26. The van der Waals surface area contributed by atoms with Gasteiger partial charge in [0.05, 0.1) is 10.6 Å². The average molecular weight is 261 g/mol. The largest absolute Gasteiger partial charge is 0.478 e. The second kappa shape index (κ2) is 5.02. The van der Waals surface area contributed by atoms with Crippen molar-refractivity contribution in [3.05, 3.63) is 70.2 Å². The van der Waals surface area contributed by atoms with Crippen LogP contribution in [0.15, 0.2) is 48.5 Å². The van der Waals surface area contributed by atoms with E-state index in [0.717, 1.165) is 0 Å². The Balaban J connectivity index is 2.35. The summed E-state index contributed by atoms with van der Waals surface area (Å²) in [6.45, 7) is 0. The number of carboxylic acid groups (broad SMARTS) is 1. The second-order valence-corrected chi connectivity index (χ2v) is 4.10. The van der Waals surface area contributed by atoms with Gasteiger partial charge < -0.3 is 5.11 Å². The molecule has 0 unspecified atom stereocenters. The zero-order chi connectivity index (χ0) is 13.1. The maximum Gasteiger partial charge on any atom is 0.335 e. The van der Waals surface area contributed by atoms with Crippen molar-refractivity contribution in [2.24, 2.45) is 0 Å². The van der Waals surface area contributed by atoms with E-state index in [1.165, 1.54) is 24.3 Å². The highest BCUT2D eigenvalue weighted by atomic mass is 35.5. The SMILES string of the molecule is O=C(O)c1ccc(C(=O)c2ccccc2Cl)cc1. The van der Waals surface area contributed by atoms with Crippen molar-refractivity contribution in [1.29, 1.82) is 0 Å². The zero-order valence-corrected chi connectivity index (χ0v) is 10.0. The predicted molar refractivity (Wildman–Crippen MR) is 68.3 cm³/mol. The summed E-state index contributed by atoms with van der Waals surface area (Å²) in [6, 6.07) is 12.5. The summed E-state index contributed by atoms with van der Waals surface area (Å²) in [7, 11) is 0. The monoisotopic (exact) mass is 260 g/mol. The molecule has 0 heterocycles. The van der Waals surface area contributed by atoms with E-state index in [1.807, 2.05) is 0 Å². The minimum atomic E-state index is -1.02. The number of benzene rings is 2. The lowest BCUT2D eigenvalue weighted by atomic mass is 10.0. The molecule has 0 aliphatic carbocycles. The van der Waals surface area contributed by atoms with E-state index in [-0.39, 0.29) is 11.3 Å². The van der Waals surface area contributed by atoms with Gasteiger partial charge in [-0.1, -0.05) is 35.9 Å². The molecule has 1 N–H and O–H groups in total. The van der Waals surface area contributed by atoms with E-state index < -0.39 is 5.97 Å². The molecule has 18 heavy (non-hydrogen) atoms. The van der Waals surface area contributed by atoms with Crippen LogP contribution in [0.1, 0.15) is 26.3 Å². The molecule has 0 saturated carbocycles. The predicted octanol–water partition coefficient (Wildman–Crippen LogP) is 3.27. The second-order valence-electron chi connectivity index (χ2n) is 3.69. The Labute approximate surface area is 109 Å². The number of hydrogen-bond donors (Lipinski definition) is 1. The number of carbonyl (C=O) groups excluding carboxylic acids is 1. The molecule has 0 amide bonds. The number of carboxylic acids is 1. The van der Waals surface area contributed by atoms with Gasteiger partial charge in [-0.3, -0.25) is 4.79 Å². The molecular weight excluding hydrogens is 252 g/mol. The van der Waals surface area contributed by atoms with Gasteiger partial charge in [0.15, 0.2) is 5.78 Å². The Kier molecular flexibility index (Phi) is 3.44. The minimum Gasteiger partial charge on any atom is -0.478 e. The third-order valence-electron chi connectivity index (χ3n) is 2.51. The quantitative estimate of drug-likeness (QED) is 0.862. The maximum atomic E-state index is 12.1. The first-order valence-corrected chi connectivity index (χ1v) is 5.60. The van der Waals surface area contributed by atoms with E-state index in [9.17, 15) is 9.59 Å². The number of rotatable bonds is 3. The van der Waals surface area contributed by atoms with Gasteiger partial charge in [-0.05, 0) is 24.3 Å². The summed E-state index contributed by atoms with van der Waals surface area (Å²) in [5.74, 6) is -1.25. The van der Waals surface area contributed by atoms with E-state index in [0.29, 0.717) is 16.1 Å². The molecule has 2 rings (SSSR count). The first-order chi connectivity index (χ1) is 8.59. The topological polar surface area (TPSA) is 54.4 Å². The third-order valence-corrected chi connectivity index (χ3v) is 2.84. The molecule has 0 aliphatic heterocycles. The molecule has 90 valence electrons. The third kappa shape index (κ3) is 2.41. The van der Waals surface area contributed by atoms with Gasteiger partial charge in [0.1, 0.15) is 0 Å². The lowest BCUT2D eigenvalue weighted by molar-refractivity contribution is 0.0696. The van der Waals surface area contributed by atoms with Crippen molar-refractivity contribution in [3.63, 3.8) is 0 Å². The highest BCUT2D eigenvalue weighted by molar-refractivity contribution is 6.34. The number of hydrogen-bond acceptors (Lipinski definition) is 2. The Morgan fingerprint density at radius 1 is 0.889 bits per heavy atom. The van der Waals surface area contributed by atoms with Crippen molar-refractivity contribution in [3.8, 4) is 0 Å². The van der Waals surface area contributed by atoms with Crippen molar-refractivity contribution in [1.82, 2.24) is 0 Å². The van der Waals surface area contributed by atoms with Gasteiger partial charge in [0.25, 0.3) is 0 Å². The fourth-order valence-corrected chi connectivity index (χ4v) is 1.79. The van der Waals surface area contributed by atoms with E-state index in [2.05, 4.69) is 0 Å². The van der Waals surface area contributed by atoms with Crippen molar-refractivity contribution in [2.75, 3.05) is 0 Å². The van der Waals surface area contributed by atoms with E-state index >= 15 is 0 Å². The summed E-state index contributed by atoms with van der Waals surface area (Å²) < 4.78 is 0. The summed E-state index contributed by atoms with van der Waals surface area (Å²) >= 11 is 5.94. The molecule has 0 atom stereocenters. The van der Waals surface area contributed by atoms with Crippen LogP contribution in [-0.2, 0) is 0 Å². The van der Waals surface area contributed by atoms with Gasteiger partial charge in [-0.2, -0.15) is 0 Å². The highest BCUT2D eigenvalue weighted by Gasteiger charge is 2.12. The highest BCUT2D eigenvalue weighted by Crippen LogP contribution is 2.19. The smallest absolute Gasteiger partial charge is 0.335 e. The summed E-state index contributed by atoms with van der Waals surface area (Å²) in [6.07, 6.45) is 0. The summed E-state index contributed by atoms with van der Waals surface area (Å²) in [5, 5.41) is 9.15. The van der Waals surface area contributed by atoms with Gasteiger partial charge in [-0.15, -0.1) is 0 Å². The molecule has 2 aromatic carbocycles. The van der Waals surface area contributed by atoms with Crippen LogP contribution in [-0.4, -0.2) is 16.9 Å². The Morgan fingerprint density at radius 3 is 2.00 bits per heavy atom. The van der Waals surface area contributed by atoms with Crippen LogP contribution in [0.2, 0.25) is 5.02 Å². The van der Waals surface area contributed by atoms with E-state index in [4.69, 9.17) is 16.7 Å². The maximum absolute atomic E-state index is 12.1. The van der Waals surface area contributed by atoms with Crippen LogP contribution in [0.5, 0.6) is 0 Å². The molecule has 4 heteroatoms. The molecule has 0 aromatic heterocycles. The van der Waals surface area contributed by atoms with E-state index in [1.54, 1.807) is 24.3 Å². The van der Waals surface area contributed by atoms with Crippen LogP contribution < -0.4 is 0 Å². The molecule has 0 aliphatic rings.